The first-order valence-corrected chi connectivity index (χ1v) is 8.43. The van der Waals surface area contributed by atoms with Crippen LogP contribution in [0.5, 0.6) is 5.75 Å². The van der Waals surface area contributed by atoms with Gasteiger partial charge in [0.05, 0.1) is 18.6 Å². The first-order valence-electron chi connectivity index (χ1n) is 6.40. The van der Waals surface area contributed by atoms with E-state index in [1.54, 1.807) is 13.0 Å². The molecule has 0 atom stereocenters. The van der Waals surface area contributed by atoms with Crippen LogP contribution in [0.1, 0.15) is 11.1 Å². The normalized spacial score (nSPS) is 11.3. The molecule has 0 amide bonds. The molecule has 0 saturated carbocycles. The molecular formula is C15H15ClFNO3S. The molecule has 4 nitrogen and oxygen atoms in total. The lowest BCUT2D eigenvalue weighted by atomic mass is 10.2. The molecule has 0 spiro atoms. The summed E-state index contributed by atoms with van der Waals surface area (Å²) in [5.41, 5.74) is 1.47. The topological polar surface area (TPSA) is 55.4 Å². The molecule has 22 heavy (non-hydrogen) atoms. The second-order valence-electron chi connectivity index (χ2n) is 4.79. The lowest BCUT2D eigenvalue weighted by Gasteiger charge is -2.14. The van der Waals surface area contributed by atoms with Crippen LogP contribution in [0.25, 0.3) is 0 Å². The van der Waals surface area contributed by atoms with E-state index >= 15 is 0 Å². The number of hydrogen-bond acceptors (Lipinski definition) is 3. The zero-order valence-corrected chi connectivity index (χ0v) is 13.6. The minimum Gasteiger partial charge on any atom is -0.494 e. The standard InChI is InChI=1S/C15H15ClFNO3S/c1-10-7-12(16)8-14(15(10)21-2)18-22(19,20)9-11-3-5-13(17)6-4-11/h3-8,18H,9H2,1-2H3. The van der Waals surface area contributed by atoms with Gasteiger partial charge in [-0.3, -0.25) is 4.72 Å². The fourth-order valence-electron chi connectivity index (χ4n) is 2.08. The summed E-state index contributed by atoms with van der Waals surface area (Å²) in [5, 5.41) is 0.401. The molecule has 0 aliphatic carbocycles. The molecule has 0 aliphatic heterocycles. The van der Waals surface area contributed by atoms with Crippen LogP contribution in [0.15, 0.2) is 36.4 Å². The number of methoxy groups -OCH3 is 1. The van der Waals surface area contributed by atoms with E-state index in [9.17, 15) is 12.8 Å². The third-order valence-corrected chi connectivity index (χ3v) is 4.44. The van der Waals surface area contributed by atoms with Crippen molar-refractivity contribution in [3.05, 3.63) is 58.4 Å². The van der Waals surface area contributed by atoms with Gasteiger partial charge in [0.25, 0.3) is 0 Å². The average molecular weight is 344 g/mol. The molecule has 118 valence electrons. The Morgan fingerprint density at radius 2 is 1.86 bits per heavy atom. The Labute approximate surface area is 133 Å². The molecule has 2 rings (SSSR count). The molecule has 0 bridgehead atoms. The SMILES string of the molecule is COc1c(C)cc(Cl)cc1NS(=O)(=O)Cc1ccc(F)cc1. The van der Waals surface area contributed by atoms with Crippen molar-refractivity contribution in [3.63, 3.8) is 0 Å². The number of sulfonamides is 1. The van der Waals surface area contributed by atoms with E-state index in [1.165, 1.54) is 37.4 Å². The molecular weight excluding hydrogens is 329 g/mol. The summed E-state index contributed by atoms with van der Waals surface area (Å²) in [7, 11) is -2.23. The molecule has 0 unspecified atom stereocenters. The first-order chi connectivity index (χ1) is 10.3. The Bertz CT molecular complexity index is 776. The summed E-state index contributed by atoms with van der Waals surface area (Å²) >= 11 is 5.95. The Morgan fingerprint density at radius 1 is 1.23 bits per heavy atom. The number of ether oxygens (including phenoxy) is 1. The lowest BCUT2D eigenvalue weighted by molar-refractivity contribution is 0.414. The number of hydrogen-bond donors (Lipinski definition) is 1. The van der Waals surface area contributed by atoms with Crippen LogP contribution >= 0.6 is 11.6 Å². The van der Waals surface area contributed by atoms with Crippen molar-refractivity contribution < 1.29 is 17.5 Å². The second kappa shape index (κ2) is 6.54. The van der Waals surface area contributed by atoms with Crippen molar-refractivity contribution in [2.45, 2.75) is 12.7 Å². The fourth-order valence-corrected chi connectivity index (χ4v) is 3.54. The van der Waals surface area contributed by atoms with Gasteiger partial charge in [0, 0.05) is 5.02 Å². The molecule has 2 aromatic carbocycles. The molecule has 0 aromatic heterocycles. The number of halogens is 2. The van der Waals surface area contributed by atoms with Crippen LogP contribution in [0.2, 0.25) is 5.02 Å². The predicted molar refractivity (Wildman–Crippen MR) is 85.4 cm³/mol. The van der Waals surface area contributed by atoms with Crippen LogP contribution in [0.3, 0.4) is 0 Å². The molecule has 0 radical (unpaired) electrons. The van der Waals surface area contributed by atoms with Crippen LogP contribution in [-0.2, 0) is 15.8 Å². The smallest absolute Gasteiger partial charge is 0.237 e. The molecule has 1 N–H and O–H groups in total. The van der Waals surface area contributed by atoms with Gasteiger partial charge in [-0.2, -0.15) is 0 Å². The average Bonchev–Trinajstić information content (AvgIpc) is 2.40. The number of anilines is 1. The van der Waals surface area contributed by atoms with Gasteiger partial charge in [-0.25, -0.2) is 12.8 Å². The van der Waals surface area contributed by atoms with Crippen molar-refractivity contribution in [1.82, 2.24) is 0 Å². The van der Waals surface area contributed by atoms with E-state index in [-0.39, 0.29) is 11.4 Å². The zero-order chi connectivity index (χ0) is 16.3. The molecule has 0 aliphatic rings. The van der Waals surface area contributed by atoms with E-state index in [1.807, 2.05) is 0 Å². The maximum Gasteiger partial charge on any atom is 0.237 e. The summed E-state index contributed by atoms with van der Waals surface area (Å²) in [6, 6.07) is 8.45. The van der Waals surface area contributed by atoms with Crippen molar-refractivity contribution in [2.24, 2.45) is 0 Å². The Balaban J connectivity index is 2.27. The van der Waals surface area contributed by atoms with Crippen molar-refractivity contribution in [3.8, 4) is 5.75 Å². The maximum absolute atomic E-state index is 12.9. The summed E-state index contributed by atoms with van der Waals surface area (Å²) in [6.45, 7) is 1.77. The molecule has 2 aromatic rings. The second-order valence-corrected chi connectivity index (χ2v) is 6.95. The van der Waals surface area contributed by atoms with E-state index < -0.39 is 15.8 Å². The highest BCUT2D eigenvalue weighted by Gasteiger charge is 2.16. The summed E-state index contributed by atoms with van der Waals surface area (Å²) < 4.78 is 45.0. The highest BCUT2D eigenvalue weighted by atomic mass is 35.5. The maximum atomic E-state index is 12.9. The predicted octanol–water partition coefficient (Wildman–Crippen LogP) is 3.74. The molecule has 0 saturated heterocycles. The van der Waals surface area contributed by atoms with Gasteiger partial charge in [0.1, 0.15) is 11.6 Å². The van der Waals surface area contributed by atoms with Crippen molar-refractivity contribution >= 4 is 27.3 Å². The van der Waals surface area contributed by atoms with E-state index in [2.05, 4.69) is 4.72 Å². The quantitative estimate of drug-likeness (QED) is 0.899. The van der Waals surface area contributed by atoms with Gasteiger partial charge in [-0.15, -0.1) is 0 Å². The molecule has 0 fully saturated rings. The number of aryl methyl sites for hydroxylation is 1. The van der Waals surface area contributed by atoms with Crippen LogP contribution in [0.4, 0.5) is 10.1 Å². The summed E-state index contributed by atoms with van der Waals surface area (Å²) in [4.78, 5) is 0. The third-order valence-electron chi connectivity index (χ3n) is 2.98. The summed E-state index contributed by atoms with van der Waals surface area (Å²) in [5.74, 6) is -0.282. The largest absolute Gasteiger partial charge is 0.494 e. The minimum atomic E-state index is -3.68. The van der Waals surface area contributed by atoms with Crippen LogP contribution in [-0.4, -0.2) is 15.5 Å². The number of nitrogens with one attached hydrogen (secondary N) is 1. The van der Waals surface area contributed by atoms with Crippen molar-refractivity contribution in [1.29, 1.82) is 0 Å². The third kappa shape index (κ3) is 4.11. The minimum absolute atomic E-state index is 0.273. The molecule has 7 heteroatoms. The Morgan fingerprint density at radius 3 is 2.45 bits per heavy atom. The van der Waals surface area contributed by atoms with Gasteiger partial charge >= 0.3 is 0 Å². The van der Waals surface area contributed by atoms with E-state index in [0.717, 1.165) is 5.56 Å². The number of rotatable bonds is 5. The fraction of sp³-hybridized carbons (Fsp3) is 0.200. The zero-order valence-electron chi connectivity index (χ0n) is 12.1. The Kier molecular flexibility index (Phi) is 4.93. The first kappa shape index (κ1) is 16.6. The Hall–Kier alpha value is -1.79. The summed E-state index contributed by atoms with van der Waals surface area (Å²) in [6.07, 6.45) is 0. The van der Waals surface area contributed by atoms with Crippen LogP contribution < -0.4 is 9.46 Å². The molecule has 0 heterocycles. The van der Waals surface area contributed by atoms with Gasteiger partial charge in [-0.1, -0.05) is 23.7 Å². The van der Waals surface area contributed by atoms with E-state index in [4.69, 9.17) is 16.3 Å². The van der Waals surface area contributed by atoms with Gasteiger partial charge in [0.15, 0.2) is 0 Å². The lowest BCUT2D eigenvalue weighted by Crippen LogP contribution is -2.16. The highest BCUT2D eigenvalue weighted by molar-refractivity contribution is 7.91. The highest BCUT2D eigenvalue weighted by Crippen LogP contribution is 2.33. The van der Waals surface area contributed by atoms with Crippen LogP contribution in [0, 0.1) is 12.7 Å². The van der Waals surface area contributed by atoms with Gasteiger partial charge in [0.2, 0.25) is 10.0 Å². The van der Waals surface area contributed by atoms with Gasteiger partial charge < -0.3 is 4.74 Å². The monoisotopic (exact) mass is 343 g/mol. The number of benzene rings is 2. The van der Waals surface area contributed by atoms with Gasteiger partial charge in [-0.05, 0) is 42.3 Å². The van der Waals surface area contributed by atoms with Crippen molar-refractivity contribution in [2.75, 3.05) is 11.8 Å². The van der Waals surface area contributed by atoms with E-state index in [0.29, 0.717) is 16.3 Å².